The van der Waals surface area contributed by atoms with Crippen molar-refractivity contribution in [1.29, 1.82) is 0 Å². The molecular weight excluding hydrogens is 428 g/mol. The highest BCUT2D eigenvalue weighted by molar-refractivity contribution is 5.48. The highest BCUT2D eigenvalue weighted by Crippen LogP contribution is 2.34. The summed E-state index contributed by atoms with van der Waals surface area (Å²) in [5, 5.41) is 0. The van der Waals surface area contributed by atoms with E-state index in [1.165, 1.54) is 11.1 Å². The van der Waals surface area contributed by atoms with Crippen LogP contribution in [0.5, 0.6) is 0 Å². The lowest BCUT2D eigenvalue weighted by Crippen LogP contribution is -2.55. The van der Waals surface area contributed by atoms with Crippen molar-refractivity contribution in [3.63, 3.8) is 0 Å². The van der Waals surface area contributed by atoms with Crippen molar-refractivity contribution in [1.82, 2.24) is 9.80 Å². The standard InChI is InChI=1S/C28H42N2O4/c1-5-9-26(25-11-8-10-23(25)2)27(34-22-31)33-21-7-6-16-29-17-19-30(20-18-29)28(3)14-12-24(32-4)13-15-28/h5,9,12-14,22H,6-8,10-11,15-21H2,1-4H3/b9-5-,27-26-. The molecule has 3 aliphatic rings. The van der Waals surface area contributed by atoms with Crippen LogP contribution in [0.15, 0.2) is 58.8 Å². The van der Waals surface area contributed by atoms with Crippen molar-refractivity contribution in [3.8, 4) is 0 Å². The zero-order valence-corrected chi connectivity index (χ0v) is 21.5. The van der Waals surface area contributed by atoms with E-state index >= 15 is 0 Å². The summed E-state index contributed by atoms with van der Waals surface area (Å²) in [6.07, 6.45) is 16.8. The largest absolute Gasteiger partial charge is 0.497 e. The molecule has 6 nitrogen and oxygen atoms in total. The van der Waals surface area contributed by atoms with E-state index in [1.54, 1.807) is 7.11 Å². The topological polar surface area (TPSA) is 51.2 Å². The molecule has 0 aromatic heterocycles. The van der Waals surface area contributed by atoms with Gasteiger partial charge in [-0.2, -0.15) is 0 Å². The summed E-state index contributed by atoms with van der Waals surface area (Å²) in [5.74, 6) is 1.31. The van der Waals surface area contributed by atoms with Crippen molar-refractivity contribution in [2.24, 2.45) is 0 Å². The first-order valence-electron chi connectivity index (χ1n) is 12.7. The second-order valence-corrected chi connectivity index (χ2v) is 9.62. The fraction of sp³-hybridized carbons (Fsp3) is 0.607. The summed E-state index contributed by atoms with van der Waals surface area (Å²) in [6, 6.07) is 0. The Bertz CT molecular complexity index is 846. The monoisotopic (exact) mass is 470 g/mol. The Morgan fingerprint density at radius 1 is 1.18 bits per heavy atom. The summed E-state index contributed by atoms with van der Waals surface area (Å²) in [5.41, 5.74) is 3.61. The number of nitrogens with zero attached hydrogens (tertiary/aromatic N) is 2. The third kappa shape index (κ3) is 6.86. The Morgan fingerprint density at radius 3 is 2.56 bits per heavy atom. The summed E-state index contributed by atoms with van der Waals surface area (Å²) >= 11 is 0. The Hall–Kier alpha value is -2.31. The fourth-order valence-corrected chi connectivity index (χ4v) is 5.11. The highest BCUT2D eigenvalue weighted by atomic mass is 16.7. The van der Waals surface area contributed by atoms with Crippen LogP contribution in [0.4, 0.5) is 0 Å². The van der Waals surface area contributed by atoms with Crippen molar-refractivity contribution >= 4 is 6.47 Å². The number of piperazine rings is 1. The smallest absolute Gasteiger partial charge is 0.300 e. The number of carbonyl (C=O) groups is 1. The van der Waals surface area contributed by atoms with Gasteiger partial charge in [0.25, 0.3) is 5.95 Å². The molecule has 188 valence electrons. The van der Waals surface area contributed by atoms with Crippen LogP contribution < -0.4 is 0 Å². The maximum atomic E-state index is 11.1. The zero-order chi connectivity index (χ0) is 24.4. The van der Waals surface area contributed by atoms with Gasteiger partial charge in [0.1, 0.15) is 5.76 Å². The van der Waals surface area contributed by atoms with Gasteiger partial charge in [0.15, 0.2) is 0 Å². The lowest BCUT2D eigenvalue weighted by atomic mass is 9.90. The lowest BCUT2D eigenvalue weighted by Gasteiger charge is -2.45. The molecule has 3 rings (SSSR count). The van der Waals surface area contributed by atoms with E-state index in [2.05, 4.69) is 41.9 Å². The minimum Gasteiger partial charge on any atom is -0.497 e. The van der Waals surface area contributed by atoms with Gasteiger partial charge < -0.3 is 19.1 Å². The average Bonchev–Trinajstić information content (AvgIpc) is 3.28. The van der Waals surface area contributed by atoms with E-state index in [4.69, 9.17) is 14.2 Å². The van der Waals surface area contributed by atoms with E-state index in [-0.39, 0.29) is 5.54 Å². The number of hydrogen-bond acceptors (Lipinski definition) is 6. The van der Waals surface area contributed by atoms with E-state index in [9.17, 15) is 4.79 Å². The molecule has 1 fully saturated rings. The molecule has 0 amide bonds. The number of carbonyl (C=O) groups excluding carboxylic acids is 1. The first-order chi connectivity index (χ1) is 16.5. The molecule has 6 heteroatoms. The van der Waals surface area contributed by atoms with Crippen molar-refractivity contribution < 1.29 is 19.0 Å². The predicted molar refractivity (Wildman–Crippen MR) is 136 cm³/mol. The second kappa shape index (κ2) is 13.0. The van der Waals surface area contributed by atoms with Gasteiger partial charge in [-0.05, 0) is 83.6 Å². The molecule has 0 bridgehead atoms. The molecule has 1 aliphatic heterocycles. The van der Waals surface area contributed by atoms with Crippen LogP contribution in [0.2, 0.25) is 0 Å². The Labute approximate surface area is 205 Å². The zero-order valence-electron chi connectivity index (χ0n) is 21.5. The number of hydrogen-bond donors (Lipinski definition) is 0. The number of unbranched alkanes of at least 4 members (excludes halogenated alkanes) is 1. The van der Waals surface area contributed by atoms with Crippen LogP contribution in [0.25, 0.3) is 0 Å². The van der Waals surface area contributed by atoms with E-state index in [0.29, 0.717) is 19.0 Å². The fourth-order valence-electron chi connectivity index (χ4n) is 5.11. The molecule has 34 heavy (non-hydrogen) atoms. The van der Waals surface area contributed by atoms with Gasteiger partial charge >= 0.3 is 6.47 Å². The first-order valence-corrected chi connectivity index (χ1v) is 12.7. The molecule has 0 aromatic rings. The van der Waals surface area contributed by atoms with Gasteiger partial charge in [-0.3, -0.25) is 9.69 Å². The Morgan fingerprint density at radius 2 is 1.97 bits per heavy atom. The average molecular weight is 471 g/mol. The van der Waals surface area contributed by atoms with Gasteiger partial charge in [0.2, 0.25) is 0 Å². The van der Waals surface area contributed by atoms with Gasteiger partial charge in [-0.25, -0.2) is 0 Å². The van der Waals surface area contributed by atoms with Crippen molar-refractivity contribution in [2.45, 2.75) is 64.8 Å². The summed E-state index contributed by atoms with van der Waals surface area (Å²) in [6.45, 7) is 12.9. The number of methoxy groups -OCH3 is 1. The summed E-state index contributed by atoms with van der Waals surface area (Å²) in [7, 11) is 1.73. The third-order valence-electron chi connectivity index (χ3n) is 7.28. The number of allylic oxidation sites excluding steroid dienone is 6. The number of rotatable bonds is 12. The predicted octanol–water partition coefficient (Wildman–Crippen LogP) is 5.11. The van der Waals surface area contributed by atoms with Crippen LogP contribution in [0, 0.1) is 0 Å². The lowest BCUT2D eigenvalue weighted by molar-refractivity contribution is -0.130. The maximum Gasteiger partial charge on any atom is 0.300 e. The molecule has 0 saturated carbocycles. The van der Waals surface area contributed by atoms with Gasteiger partial charge in [-0.15, -0.1) is 0 Å². The maximum absolute atomic E-state index is 11.1. The van der Waals surface area contributed by atoms with E-state index in [0.717, 1.165) is 82.6 Å². The molecule has 0 radical (unpaired) electrons. The number of ether oxygens (including phenoxy) is 3. The SMILES string of the molecule is C/C=C\C(C1=C(C)CCC1)=C(\OC=O)OCCCCN1CCN(C2(C)C=CC(OC)=CC2)CC1. The quantitative estimate of drug-likeness (QED) is 0.171. The molecule has 1 atom stereocenters. The van der Waals surface area contributed by atoms with Crippen LogP contribution in [0.3, 0.4) is 0 Å². The minimum absolute atomic E-state index is 0.0844. The normalized spacial score (nSPS) is 24.9. The van der Waals surface area contributed by atoms with Gasteiger partial charge in [-0.1, -0.05) is 23.8 Å². The Kier molecular flexibility index (Phi) is 10.0. The van der Waals surface area contributed by atoms with Crippen molar-refractivity contribution in [2.75, 3.05) is 46.4 Å². The van der Waals surface area contributed by atoms with Gasteiger partial charge in [0, 0.05) is 31.7 Å². The third-order valence-corrected chi connectivity index (χ3v) is 7.28. The van der Waals surface area contributed by atoms with Gasteiger partial charge in [0.05, 0.1) is 19.3 Å². The molecule has 1 saturated heterocycles. The molecule has 1 heterocycles. The van der Waals surface area contributed by atoms with Crippen LogP contribution >= 0.6 is 0 Å². The van der Waals surface area contributed by atoms with Crippen LogP contribution in [0.1, 0.15) is 59.3 Å². The molecule has 0 N–H and O–H groups in total. The molecule has 2 aliphatic carbocycles. The van der Waals surface area contributed by atoms with Crippen LogP contribution in [-0.2, 0) is 19.0 Å². The van der Waals surface area contributed by atoms with E-state index < -0.39 is 0 Å². The minimum atomic E-state index is 0.0844. The molecule has 0 spiro atoms. The van der Waals surface area contributed by atoms with E-state index in [1.807, 2.05) is 19.1 Å². The second-order valence-electron chi connectivity index (χ2n) is 9.62. The van der Waals surface area contributed by atoms with Crippen molar-refractivity contribution in [3.05, 3.63) is 58.8 Å². The highest BCUT2D eigenvalue weighted by Gasteiger charge is 2.32. The Balaban J connectivity index is 1.42. The van der Waals surface area contributed by atoms with Crippen LogP contribution in [-0.4, -0.2) is 68.3 Å². The molecule has 1 unspecified atom stereocenters. The molecular formula is C28H42N2O4. The summed E-state index contributed by atoms with van der Waals surface area (Å²) < 4.78 is 16.6. The first kappa shape index (κ1) is 26.3. The summed E-state index contributed by atoms with van der Waals surface area (Å²) in [4.78, 5) is 16.2. The molecule has 0 aromatic carbocycles.